The number of ether oxygens (including phenoxy) is 1. The number of urea groups is 1. The van der Waals surface area contributed by atoms with Crippen molar-refractivity contribution in [1.82, 2.24) is 15.1 Å². The van der Waals surface area contributed by atoms with Crippen LogP contribution in [-0.2, 0) is 39.3 Å². The number of alkyl halides is 3. The lowest BCUT2D eigenvalue weighted by Crippen LogP contribution is -2.61. The summed E-state index contributed by atoms with van der Waals surface area (Å²) in [6.45, 7) is -1.59. The van der Waals surface area contributed by atoms with Crippen molar-refractivity contribution in [3.8, 4) is 0 Å². The Kier molecular flexibility index (Phi) is 6.29. The highest BCUT2D eigenvalue weighted by molar-refractivity contribution is 6.06. The predicted octanol–water partition coefficient (Wildman–Crippen LogP) is 2.78. The van der Waals surface area contributed by atoms with Gasteiger partial charge < -0.3 is 25.4 Å². The van der Waals surface area contributed by atoms with Crippen LogP contribution in [-0.4, -0.2) is 64.3 Å². The average Bonchev–Trinajstić information content (AvgIpc) is 3.30. The van der Waals surface area contributed by atoms with Crippen LogP contribution >= 0.6 is 0 Å². The van der Waals surface area contributed by atoms with Crippen LogP contribution in [0.4, 0.5) is 28.4 Å². The van der Waals surface area contributed by atoms with Crippen LogP contribution < -0.4 is 10.6 Å². The molecule has 2 aromatic rings. The molecule has 1 aliphatic carbocycles. The van der Waals surface area contributed by atoms with Crippen molar-refractivity contribution in [3.05, 3.63) is 64.7 Å². The van der Waals surface area contributed by atoms with E-state index in [0.717, 1.165) is 0 Å². The van der Waals surface area contributed by atoms with Crippen molar-refractivity contribution >= 4 is 29.6 Å². The monoisotopic (exact) mass is 546 g/mol. The van der Waals surface area contributed by atoms with Gasteiger partial charge in [-0.2, -0.15) is 13.2 Å². The van der Waals surface area contributed by atoms with Crippen molar-refractivity contribution in [3.63, 3.8) is 0 Å². The molecule has 10 nitrogen and oxygen atoms in total. The smallest absolute Gasteiger partial charge is 0.427 e. The van der Waals surface area contributed by atoms with Gasteiger partial charge in [-0.1, -0.05) is 30.3 Å². The number of nitrogens with one attached hydrogen (secondary N) is 2. The first-order valence-corrected chi connectivity index (χ1v) is 12.2. The van der Waals surface area contributed by atoms with Crippen molar-refractivity contribution in [1.29, 1.82) is 0 Å². The SMILES string of the molecule is CNC(=O)Nc1ccc2c(c1)CC[C@@]21OC(=O)N(CC(=O)N2Cc3ccccc3CCC2(O)C(F)(F)F)C1=O. The van der Waals surface area contributed by atoms with Gasteiger partial charge in [0.2, 0.25) is 17.2 Å². The number of imide groups is 1. The second kappa shape index (κ2) is 9.26. The number of nitrogens with zero attached hydrogens (tertiary/aromatic N) is 2. The first-order chi connectivity index (χ1) is 18.4. The van der Waals surface area contributed by atoms with Gasteiger partial charge in [-0.3, -0.25) is 9.59 Å². The summed E-state index contributed by atoms with van der Waals surface area (Å²) in [4.78, 5) is 52.0. The Hall–Kier alpha value is -4.13. The van der Waals surface area contributed by atoms with E-state index in [9.17, 15) is 37.5 Å². The largest absolute Gasteiger partial charge is 0.436 e. The molecule has 13 heteroatoms. The third-order valence-corrected chi connectivity index (χ3v) is 7.53. The van der Waals surface area contributed by atoms with Gasteiger partial charge in [0.25, 0.3) is 5.91 Å². The number of rotatable bonds is 3. The highest BCUT2D eigenvalue weighted by Crippen LogP contribution is 2.46. The van der Waals surface area contributed by atoms with E-state index < -0.39 is 61.0 Å². The second-order valence-electron chi connectivity index (χ2n) is 9.73. The molecular formula is C26H25F3N4O6. The number of carbonyl (C=O) groups is 4. The zero-order chi connectivity index (χ0) is 28.2. The average molecular weight is 547 g/mol. The number of carbonyl (C=O) groups excluding carboxylic acids is 4. The minimum Gasteiger partial charge on any atom is -0.427 e. The molecule has 3 aliphatic rings. The van der Waals surface area contributed by atoms with E-state index in [-0.39, 0.29) is 17.7 Å². The number of hydrogen-bond acceptors (Lipinski definition) is 6. The summed E-state index contributed by atoms with van der Waals surface area (Å²) in [5.41, 5.74) is -2.81. The lowest BCUT2D eigenvalue weighted by atomic mass is 9.94. The first kappa shape index (κ1) is 26.5. The van der Waals surface area contributed by atoms with E-state index >= 15 is 0 Å². The van der Waals surface area contributed by atoms with E-state index in [4.69, 9.17) is 4.74 Å². The van der Waals surface area contributed by atoms with Crippen molar-refractivity contribution in [2.24, 2.45) is 0 Å². The van der Waals surface area contributed by atoms with Crippen LogP contribution in [0, 0.1) is 0 Å². The Bertz CT molecular complexity index is 1380. The van der Waals surface area contributed by atoms with Gasteiger partial charge in [0.15, 0.2) is 0 Å². The molecule has 1 fully saturated rings. The normalized spacial score (nSPS) is 24.2. The van der Waals surface area contributed by atoms with Gasteiger partial charge in [0, 0.05) is 37.7 Å². The van der Waals surface area contributed by atoms with Crippen molar-refractivity contribution in [2.75, 3.05) is 18.9 Å². The number of amides is 5. The lowest BCUT2D eigenvalue weighted by molar-refractivity contribution is -0.313. The molecule has 1 saturated heterocycles. The fourth-order valence-corrected chi connectivity index (χ4v) is 5.44. The van der Waals surface area contributed by atoms with Crippen LogP contribution in [0.2, 0.25) is 0 Å². The van der Waals surface area contributed by atoms with Gasteiger partial charge in [-0.25, -0.2) is 14.5 Å². The Labute approximate surface area is 220 Å². The molecule has 0 saturated carbocycles. The number of benzene rings is 2. The third kappa shape index (κ3) is 4.26. The maximum atomic E-state index is 14.1. The summed E-state index contributed by atoms with van der Waals surface area (Å²) in [6, 6.07) is 10.7. The molecule has 5 rings (SSSR count). The molecule has 1 unspecified atom stereocenters. The zero-order valence-corrected chi connectivity index (χ0v) is 20.8. The first-order valence-electron chi connectivity index (χ1n) is 12.2. The molecule has 2 atom stereocenters. The molecule has 0 aromatic heterocycles. The van der Waals surface area contributed by atoms with E-state index in [1.165, 1.54) is 19.2 Å². The molecule has 1 spiro atoms. The molecule has 2 heterocycles. The van der Waals surface area contributed by atoms with Gasteiger partial charge in [-0.15, -0.1) is 0 Å². The third-order valence-electron chi connectivity index (χ3n) is 7.53. The minimum atomic E-state index is -5.19. The molecule has 0 radical (unpaired) electrons. The van der Waals surface area contributed by atoms with Crippen molar-refractivity contribution in [2.45, 2.75) is 49.7 Å². The fourth-order valence-electron chi connectivity index (χ4n) is 5.44. The number of aryl methyl sites for hydroxylation is 2. The Morgan fingerprint density at radius 1 is 1.05 bits per heavy atom. The second-order valence-corrected chi connectivity index (χ2v) is 9.73. The predicted molar refractivity (Wildman–Crippen MR) is 129 cm³/mol. The van der Waals surface area contributed by atoms with Crippen molar-refractivity contribution < 1.29 is 42.2 Å². The van der Waals surface area contributed by atoms with Gasteiger partial charge in [0.05, 0.1) is 0 Å². The Morgan fingerprint density at radius 2 is 1.74 bits per heavy atom. The van der Waals surface area contributed by atoms with Crippen LogP contribution in [0.3, 0.4) is 0 Å². The molecule has 2 aliphatic heterocycles. The van der Waals surface area contributed by atoms with E-state index in [1.54, 1.807) is 30.3 Å². The molecule has 39 heavy (non-hydrogen) atoms. The molecular weight excluding hydrogens is 521 g/mol. The van der Waals surface area contributed by atoms with Crippen LogP contribution in [0.1, 0.15) is 35.1 Å². The summed E-state index contributed by atoms with van der Waals surface area (Å²) in [5, 5.41) is 15.8. The van der Waals surface area contributed by atoms with E-state index in [1.807, 2.05) is 0 Å². The van der Waals surface area contributed by atoms with E-state index in [0.29, 0.717) is 39.3 Å². The maximum absolute atomic E-state index is 14.1. The summed E-state index contributed by atoms with van der Waals surface area (Å²) >= 11 is 0. The highest BCUT2D eigenvalue weighted by Gasteiger charge is 2.62. The zero-order valence-electron chi connectivity index (χ0n) is 20.8. The van der Waals surface area contributed by atoms with Crippen LogP contribution in [0.25, 0.3) is 0 Å². The number of fused-ring (bicyclic) bond motifs is 3. The van der Waals surface area contributed by atoms with Gasteiger partial charge in [-0.05, 0) is 41.7 Å². The van der Waals surface area contributed by atoms with Gasteiger partial charge in [0.1, 0.15) is 6.54 Å². The molecule has 5 amide bonds. The fraction of sp³-hybridized carbons (Fsp3) is 0.385. The van der Waals surface area contributed by atoms with Gasteiger partial charge >= 0.3 is 18.3 Å². The van der Waals surface area contributed by atoms with Crippen LogP contribution in [0.5, 0.6) is 0 Å². The molecule has 206 valence electrons. The lowest BCUT2D eigenvalue weighted by Gasteiger charge is -2.40. The number of anilines is 1. The highest BCUT2D eigenvalue weighted by atomic mass is 19.4. The van der Waals surface area contributed by atoms with E-state index in [2.05, 4.69) is 10.6 Å². The topological polar surface area (TPSA) is 128 Å². The number of hydrogen-bond donors (Lipinski definition) is 3. The number of halogens is 3. The number of aliphatic hydroxyl groups is 1. The molecule has 0 bridgehead atoms. The Morgan fingerprint density at radius 3 is 2.44 bits per heavy atom. The molecule has 2 aromatic carbocycles. The van der Waals surface area contributed by atoms with Crippen LogP contribution in [0.15, 0.2) is 42.5 Å². The minimum absolute atomic E-state index is 0.0601. The summed E-state index contributed by atoms with van der Waals surface area (Å²) < 4.78 is 47.8. The standard InChI is InChI=1S/C26H25F3N4O6/c1-30-22(36)31-18-6-7-19-16(12-18)8-10-24(19)21(35)32(23(37)39-24)14-20(34)33-13-17-5-3-2-4-15(17)9-11-25(33,38)26(27,28)29/h2-7,12,38H,8-11,13-14H2,1H3,(H2,30,31,36)/t24-,25?/m1/s1. The summed E-state index contributed by atoms with van der Waals surface area (Å²) in [6.07, 6.45) is -6.91. The quantitative estimate of drug-likeness (QED) is 0.543. The summed E-state index contributed by atoms with van der Waals surface area (Å²) in [5.74, 6) is -2.13. The molecule has 3 N–H and O–H groups in total. The Balaban J connectivity index is 1.41. The maximum Gasteiger partial charge on any atom is 0.436 e. The summed E-state index contributed by atoms with van der Waals surface area (Å²) in [7, 11) is 1.45.